The fraction of sp³-hybridized carbons (Fsp3) is 0.600. The van der Waals surface area contributed by atoms with Gasteiger partial charge in [0.15, 0.2) is 0 Å². The molecular formula is C15H23FN2O. The fourth-order valence-corrected chi connectivity index (χ4v) is 2.72. The second-order valence-electron chi connectivity index (χ2n) is 5.61. The van der Waals surface area contributed by atoms with Gasteiger partial charge in [-0.1, -0.05) is 19.1 Å². The molecule has 0 aliphatic carbocycles. The fourth-order valence-electron chi connectivity index (χ4n) is 2.72. The maximum atomic E-state index is 12.8. The number of hydrogen-bond acceptors (Lipinski definition) is 3. The van der Waals surface area contributed by atoms with Gasteiger partial charge in [-0.25, -0.2) is 4.39 Å². The average Bonchev–Trinajstić information content (AvgIpc) is 2.38. The van der Waals surface area contributed by atoms with Crippen LogP contribution in [0.5, 0.6) is 0 Å². The molecule has 1 saturated heterocycles. The number of piperidine rings is 1. The normalized spacial score (nSPS) is 26.3. The Morgan fingerprint density at radius 3 is 2.74 bits per heavy atom. The summed E-state index contributed by atoms with van der Waals surface area (Å²) in [5, 5.41) is 13.5. The monoisotopic (exact) mass is 266 g/mol. The number of nitrogens with one attached hydrogen (secondary N) is 1. The van der Waals surface area contributed by atoms with Crippen molar-refractivity contribution in [1.29, 1.82) is 0 Å². The third kappa shape index (κ3) is 4.00. The Kier molecular flexibility index (Phi) is 4.91. The summed E-state index contributed by atoms with van der Waals surface area (Å²) in [5.41, 5.74) is 0.759. The number of aliphatic hydroxyl groups excluding tert-OH is 1. The molecule has 0 aromatic heterocycles. The van der Waals surface area contributed by atoms with Crippen molar-refractivity contribution < 1.29 is 9.50 Å². The van der Waals surface area contributed by atoms with E-state index in [0.717, 1.165) is 25.1 Å². The minimum absolute atomic E-state index is 0.271. The van der Waals surface area contributed by atoms with E-state index in [-0.39, 0.29) is 5.82 Å². The van der Waals surface area contributed by atoms with Crippen LogP contribution in [-0.2, 0) is 0 Å². The summed E-state index contributed by atoms with van der Waals surface area (Å²) in [5.74, 6) is 0.312. The van der Waals surface area contributed by atoms with Crippen LogP contribution in [0.4, 0.5) is 4.39 Å². The maximum absolute atomic E-state index is 12.8. The second kappa shape index (κ2) is 6.46. The molecule has 1 aliphatic heterocycles. The standard InChI is InChI=1S/C15H23FN2O/c1-11-10-18(2)8-7-14(11)17-9-15(19)12-3-5-13(16)6-4-12/h3-6,11,14-15,17,19H,7-10H2,1-2H3. The molecule has 3 unspecified atom stereocenters. The molecule has 2 rings (SSSR count). The smallest absolute Gasteiger partial charge is 0.123 e. The molecule has 2 N–H and O–H groups in total. The van der Waals surface area contributed by atoms with Crippen molar-refractivity contribution in [3.63, 3.8) is 0 Å². The Hall–Kier alpha value is -0.970. The molecule has 0 saturated carbocycles. The van der Waals surface area contributed by atoms with E-state index in [4.69, 9.17) is 0 Å². The molecule has 4 heteroatoms. The molecule has 0 radical (unpaired) electrons. The maximum Gasteiger partial charge on any atom is 0.123 e. The number of likely N-dealkylation sites (tertiary alicyclic amines) is 1. The van der Waals surface area contributed by atoms with Gasteiger partial charge >= 0.3 is 0 Å². The van der Waals surface area contributed by atoms with Crippen molar-refractivity contribution in [2.24, 2.45) is 5.92 Å². The highest BCUT2D eigenvalue weighted by Gasteiger charge is 2.24. The van der Waals surface area contributed by atoms with E-state index < -0.39 is 6.10 Å². The predicted molar refractivity (Wildman–Crippen MR) is 74.4 cm³/mol. The van der Waals surface area contributed by atoms with Gasteiger partial charge in [-0.2, -0.15) is 0 Å². The van der Waals surface area contributed by atoms with E-state index in [1.165, 1.54) is 12.1 Å². The van der Waals surface area contributed by atoms with Crippen LogP contribution in [0.3, 0.4) is 0 Å². The Morgan fingerprint density at radius 2 is 2.11 bits per heavy atom. The minimum Gasteiger partial charge on any atom is -0.387 e. The Morgan fingerprint density at radius 1 is 1.42 bits per heavy atom. The molecule has 1 fully saturated rings. The third-order valence-corrected chi connectivity index (χ3v) is 3.94. The van der Waals surface area contributed by atoms with Crippen molar-refractivity contribution in [2.45, 2.75) is 25.5 Å². The van der Waals surface area contributed by atoms with E-state index in [1.54, 1.807) is 12.1 Å². The summed E-state index contributed by atoms with van der Waals surface area (Å²) >= 11 is 0. The number of nitrogens with zero attached hydrogens (tertiary/aromatic N) is 1. The molecule has 0 amide bonds. The van der Waals surface area contributed by atoms with Gasteiger partial charge in [0.2, 0.25) is 0 Å². The Balaban J connectivity index is 1.83. The molecular weight excluding hydrogens is 243 g/mol. The van der Waals surface area contributed by atoms with Gasteiger partial charge in [0.05, 0.1) is 6.10 Å². The topological polar surface area (TPSA) is 35.5 Å². The predicted octanol–water partition coefficient (Wildman–Crippen LogP) is 1.79. The van der Waals surface area contributed by atoms with Crippen molar-refractivity contribution in [3.8, 4) is 0 Å². The average molecular weight is 266 g/mol. The largest absolute Gasteiger partial charge is 0.387 e. The molecule has 1 aromatic carbocycles. The van der Waals surface area contributed by atoms with Gasteiger partial charge < -0.3 is 15.3 Å². The summed E-state index contributed by atoms with van der Waals surface area (Å²) in [6.45, 7) is 4.93. The van der Waals surface area contributed by atoms with Gasteiger partial charge in [0.1, 0.15) is 5.82 Å². The summed E-state index contributed by atoms with van der Waals surface area (Å²) < 4.78 is 12.8. The van der Waals surface area contributed by atoms with Crippen LogP contribution in [0.1, 0.15) is 25.0 Å². The Bertz CT molecular complexity index is 396. The zero-order valence-electron chi connectivity index (χ0n) is 11.6. The van der Waals surface area contributed by atoms with Gasteiger partial charge in [-0.3, -0.25) is 0 Å². The van der Waals surface area contributed by atoms with Crippen molar-refractivity contribution in [2.75, 3.05) is 26.7 Å². The first-order chi connectivity index (χ1) is 9.06. The molecule has 0 bridgehead atoms. The van der Waals surface area contributed by atoms with Crippen LogP contribution in [-0.4, -0.2) is 42.7 Å². The summed E-state index contributed by atoms with van der Waals surface area (Å²) in [6, 6.07) is 6.50. The molecule has 3 atom stereocenters. The van der Waals surface area contributed by atoms with Gasteiger partial charge in [-0.05, 0) is 43.6 Å². The number of benzene rings is 1. The SMILES string of the molecule is CC1CN(C)CCC1NCC(O)c1ccc(F)cc1. The molecule has 106 valence electrons. The number of halogens is 1. The first-order valence-corrected chi connectivity index (χ1v) is 6.91. The molecule has 0 spiro atoms. The van der Waals surface area contributed by atoms with E-state index in [1.807, 2.05) is 0 Å². The summed E-state index contributed by atoms with van der Waals surface area (Å²) in [4.78, 5) is 2.33. The lowest BCUT2D eigenvalue weighted by Gasteiger charge is -2.35. The molecule has 19 heavy (non-hydrogen) atoms. The molecule has 1 aromatic rings. The van der Waals surface area contributed by atoms with Gasteiger partial charge in [-0.15, -0.1) is 0 Å². The molecule has 1 heterocycles. The van der Waals surface area contributed by atoms with E-state index in [0.29, 0.717) is 18.5 Å². The van der Waals surface area contributed by atoms with E-state index in [9.17, 15) is 9.50 Å². The second-order valence-corrected chi connectivity index (χ2v) is 5.61. The van der Waals surface area contributed by atoms with Crippen LogP contribution in [0.2, 0.25) is 0 Å². The Labute approximate surface area is 114 Å². The highest BCUT2D eigenvalue weighted by Crippen LogP contribution is 2.17. The molecule has 3 nitrogen and oxygen atoms in total. The lowest BCUT2D eigenvalue weighted by Crippen LogP contribution is -2.47. The lowest BCUT2D eigenvalue weighted by molar-refractivity contribution is 0.137. The minimum atomic E-state index is -0.576. The zero-order valence-corrected chi connectivity index (χ0v) is 11.6. The van der Waals surface area contributed by atoms with Crippen molar-refractivity contribution in [1.82, 2.24) is 10.2 Å². The highest BCUT2D eigenvalue weighted by atomic mass is 19.1. The number of rotatable bonds is 4. The third-order valence-electron chi connectivity index (χ3n) is 3.94. The van der Waals surface area contributed by atoms with Gasteiger partial charge in [0, 0.05) is 19.1 Å². The zero-order chi connectivity index (χ0) is 13.8. The first kappa shape index (κ1) is 14.4. The van der Waals surface area contributed by atoms with Crippen LogP contribution in [0.25, 0.3) is 0 Å². The van der Waals surface area contributed by atoms with Crippen LogP contribution < -0.4 is 5.32 Å². The van der Waals surface area contributed by atoms with Gasteiger partial charge in [0.25, 0.3) is 0 Å². The summed E-state index contributed by atoms with van der Waals surface area (Å²) in [6.07, 6.45) is 0.529. The first-order valence-electron chi connectivity index (χ1n) is 6.91. The number of aliphatic hydroxyl groups is 1. The van der Waals surface area contributed by atoms with Crippen LogP contribution >= 0.6 is 0 Å². The van der Waals surface area contributed by atoms with Crippen molar-refractivity contribution in [3.05, 3.63) is 35.6 Å². The summed E-state index contributed by atoms with van der Waals surface area (Å²) in [7, 11) is 2.14. The van der Waals surface area contributed by atoms with E-state index >= 15 is 0 Å². The lowest BCUT2D eigenvalue weighted by atomic mass is 9.94. The molecule has 1 aliphatic rings. The quantitative estimate of drug-likeness (QED) is 0.872. The number of hydrogen-bond donors (Lipinski definition) is 2. The van der Waals surface area contributed by atoms with Crippen LogP contribution in [0.15, 0.2) is 24.3 Å². The highest BCUT2D eigenvalue weighted by molar-refractivity contribution is 5.18. The van der Waals surface area contributed by atoms with Crippen molar-refractivity contribution >= 4 is 0 Å². The van der Waals surface area contributed by atoms with E-state index in [2.05, 4.69) is 24.2 Å². The van der Waals surface area contributed by atoms with Crippen LogP contribution in [0, 0.1) is 11.7 Å².